The second-order valence-electron chi connectivity index (χ2n) is 6.05. The maximum atomic E-state index is 5.28. The highest BCUT2D eigenvalue weighted by atomic mass is 16.5. The fraction of sp³-hybridized carbons (Fsp3) is 0.667. The standard InChI is InChI=1S/C18H30N2O/c1-3-19-18(17-7-5-4-6-8-17)11-14-20-12-9-16(10-13-20)15-21-2/h4-8,16,18-19H,3,9-15H2,1-2H3. The van der Waals surface area contributed by atoms with E-state index < -0.39 is 0 Å². The van der Waals surface area contributed by atoms with E-state index >= 15 is 0 Å². The second-order valence-corrected chi connectivity index (χ2v) is 6.05. The minimum absolute atomic E-state index is 0.480. The Bertz CT molecular complexity index is 374. The third-order valence-electron chi connectivity index (χ3n) is 4.50. The largest absolute Gasteiger partial charge is 0.384 e. The first kappa shape index (κ1) is 16.5. The molecule has 1 unspecified atom stereocenters. The van der Waals surface area contributed by atoms with E-state index in [-0.39, 0.29) is 0 Å². The lowest BCUT2D eigenvalue weighted by atomic mass is 9.97. The van der Waals surface area contributed by atoms with Crippen LogP contribution < -0.4 is 5.32 Å². The lowest BCUT2D eigenvalue weighted by Crippen LogP contribution is -2.37. The SMILES string of the molecule is CCNC(CCN1CCC(COC)CC1)c1ccccc1. The molecular formula is C18H30N2O. The Balaban J connectivity index is 1.78. The van der Waals surface area contributed by atoms with Crippen molar-refractivity contribution in [3.8, 4) is 0 Å². The van der Waals surface area contributed by atoms with Gasteiger partial charge in [-0.3, -0.25) is 0 Å². The molecule has 0 radical (unpaired) electrons. The summed E-state index contributed by atoms with van der Waals surface area (Å²) in [6, 6.07) is 11.3. The maximum Gasteiger partial charge on any atom is 0.0491 e. The Morgan fingerprint density at radius 1 is 1.24 bits per heavy atom. The summed E-state index contributed by atoms with van der Waals surface area (Å²) in [4.78, 5) is 2.61. The normalized spacial score (nSPS) is 18.8. The van der Waals surface area contributed by atoms with Crippen molar-refractivity contribution in [1.29, 1.82) is 0 Å². The zero-order valence-electron chi connectivity index (χ0n) is 13.6. The molecule has 0 saturated carbocycles. The number of nitrogens with one attached hydrogen (secondary N) is 1. The molecule has 0 aromatic heterocycles. The van der Waals surface area contributed by atoms with Gasteiger partial charge >= 0.3 is 0 Å². The van der Waals surface area contributed by atoms with Crippen molar-refractivity contribution in [1.82, 2.24) is 10.2 Å². The van der Waals surface area contributed by atoms with Crippen LogP contribution in [0.3, 0.4) is 0 Å². The minimum atomic E-state index is 0.480. The Hall–Kier alpha value is -0.900. The topological polar surface area (TPSA) is 24.5 Å². The van der Waals surface area contributed by atoms with Crippen molar-refractivity contribution in [3.63, 3.8) is 0 Å². The smallest absolute Gasteiger partial charge is 0.0491 e. The van der Waals surface area contributed by atoms with Gasteiger partial charge in [0.25, 0.3) is 0 Å². The van der Waals surface area contributed by atoms with E-state index in [1.807, 2.05) is 7.11 Å². The summed E-state index contributed by atoms with van der Waals surface area (Å²) in [6.07, 6.45) is 3.75. The first-order valence-electron chi connectivity index (χ1n) is 8.33. The van der Waals surface area contributed by atoms with Gasteiger partial charge in [-0.2, -0.15) is 0 Å². The number of likely N-dealkylation sites (tertiary alicyclic amines) is 1. The molecule has 1 atom stereocenters. The van der Waals surface area contributed by atoms with Gasteiger partial charge in [-0.05, 0) is 56.9 Å². The highest BCUT2D eigenvalue weighted by Gasteiger charge is 2.20. The van der Waals surface area contributed by atoms with E-state index in [1.165, 1.54) is 44.5 Å². The molecule has 0 aliphatic carbocycles. The van der Waals surface area contributed by atoms with Gasteiger partial charge in [-0.1, -0.05) is 37.3 Å². The van der Waals surface area contributed by atoms with Gasteiger partial charge in [0.05, 0.1) is 0 Å². The first-order valence-corrected chi connectivity index (χ1v) is 8.33. The molecule has 1 aliphatic rings. The van der Waals surface area contributed by atoms with Crippen LogP contribution in [0.15, 0.2) is 30.3 Å². The molecule has 1 aromatic carbocycles. The molecule has 1 fully saturated rings. The molecule has 118 valence electrons. The molecule has 1 saturated heterocycles. The van der Waals surface area contributed by atoms with Gasteiger partial charge in [0.15, 0.2) is 0 Å². The van der Waals surface area contributed by atoms with Crippen LogP contribution in [0.1, 0.15) is 37.8 Å². The fourth-order valence-corrected chi connectivity index (χ4v) is 3.24. The zero-order valence-corrected chi connectivity index (χ0v) is 13.6. The van der Waals surface area contributed by atoms with Crippen molar-refractivity contribution in [2.45, 2.75) is 32.2 Å². The highest BCUT2D eigenvalue weighted by molar-refractivity contribution is 5.18. The number of nitrogens with zero attached hydrogens (tertiary/aromatic N) is 1. The third kappa shape index (κ3) is 5.42. The number of ether oxygens (including phenoxy) is 1. The van der Waals surface area contributed by atoms with Crippen LogP contribution >= 0.6 is 0 Å². The Labute approximate surface area is 129 Å². The molecular weight excluding hydrogens is 260 g/mol. The number of hydrogen-bond acceptors (Lipinski definition) is 3. The Kier molecular flexibility index (Phi) is 7.20. The molecule has 3 heteroatoms. The van der Waals surface area contributed by atoms with Crippen LogP contribution in [0, 0.1) is 5.92 Å². The molecule has 1 N–H and O–H groups in total. The average molecular weight is 290 g/mol. The van der Waals surface area contributed by atoms with Crippen LogP contribution in [0.25, 0.3) is 0 Å². The molecule has 1 aromatic rings. The monoisotopic (exact) mass is 290 g/mol. The fourth-order valence-electron chi connectivity index (χ4n) is 3.24. The van der Waals surface area contributed by atoms with E-state index in [1.54, 1.807) is 0 Å². The van der Waals surface area contributed by atoms with Crippen molar-refractivity contribution >= 4 is 0 Å². The molecule has 1 aliphatic heterocycles. The van der Waals surface area contributed by atoms with Gasteiger partial charge < -0.3 is 15.0 Å². The number of piperidine rings is 1. The van der Waals surface area contributed by atoms with E-state index in [4.69, 9.17) is 4.74 Å². The summed E-state index contributed by atoms with van der Waals surface area (Å²) >= 11 is 0. The highest BCUT2D eigenvalue weighted by Crippen LogP contribution is 2.21. The minimum Gasteiger partial charge on any atom is -0.384 e. The quantitative estimate of drug-likeness (QED) is 0.796. The summed E-state index contributed by atoms with van der Waals surface area (Å²) in [7, 11) is 1.81. The van der Waals surface area contributed by atoms with Crippen LogP contribution in [0.5, 0.6) is 0 Å². The number of methoxy groups -OCH3 is 1. The van der Waals surface area contributed by atoms with Gasteiger partial charge in [0.2, 0.25) is 0 Å². The van der Waals surface area contributed by atoms with Crippen LogP contribution in [0.4, 0.5) is 0 Å². The summed E-state index contributed by atoms with van der Waals surface area (Å²) in [5.41, 5.74) is 1.41. The van der Waals surface area contributed by atoms with Crippen molar-refractivity contribution in [2.75, 3.05) is 39.9 Å². The van der Waals surface area contributed by atoms with Crippen LogP contribution in [-0.2, 0) is 4.74 Å². The molecule has 3 nitrogen and oxygen atoms in total. The summed E-state index contributed by atoms with van der Waals surface area (Å²) < 4.78 is 5.28. The lowest BCUT2D eigenvalue weighted by molar-refractivity contribution is 0.0978. The predicted molar refractivity (Wildman–Crippen MR) is 88.5 cm³/mol. The van der Waals surface area contributed by atoms with E-state index in [0.717, 1.165) is 19.1 Å². The average Bonchev–Trinajstić information content (AvgIpc) is 2.54. The van der Waals surface area contributed by atoms with E-state index in [9.17, 15) is 0 Å². The van der Waals surface area contributed by atoms with E-state index in [0.29, 0.717) is 6.04 Å². The number of rotatable bonds is 8. The maximum absolute atomic E-state index is 5.28. The molecule has 21 heavy (non-hydrogen) atoms. The first-order chi connectivity index (χ1) is 10.3. The summed E-state index contributed by atoms with van der Waals surface area (Å²) in [5, 5.41) is 3.62. The molecule has 1 heterocycles. The van der Waals surface area contributed by atoms with Crippen molar-refractivity contribution < 1.29 is 4.74 Å². The lowest BCUT2D eigenvalue weighted by Gasteiger charge is -2.32. The van der Waals surface area contributed by atoms with Crippen LogP contribution in [-0.4, -0.2) is 44.8 Å². The number of benzene rings is 1. The molecule has 0 amide bonds. The van der Waals surface area contributed by atoms with Crippen molar-refractivity contribution in [3.05, 3.63) is 35.9 Å². The Morgan fingerprint density at radius 2 is 1.95 bits per heavy atom. The summed E-state index contributed by atoms with van der Waals surface area (Å²) in [6.45, 7) is 7.77. The molecule has 2 rings (SSSR count). The number of hydrogen-bond donors (Lipinski definition) is 1. The van der Waals surface area contributed by atoms with E-state index in [2.05, 4.69) is 47.5 Å². The predicted octanol–water partition coefficient (Wildman–Crippen LogP) is 3.09. The Morgan fingerprint density at radius 3 is 2.57 bits per heavy atom. The molecule has 0 bridgehead atoms. The second kappa shape index (κ2) is 9.19. The third-order valence-corrected chi connectivity index (χ3v) is 4.50. The van der Waals surface area contributed by atoms with Gasteiger partial charge in [-0.15, -0.1) is 0 Å². The van der Waals surface area contributed by atoms with Gasteiger partial charge in [0.1, 0.15) is 0 Å². The van der Waals surface area contributed by atoms with Gasteiger partial charge in [0, 0.05) is 19.8 Å². The molecule has 0 spiro atoms. The van der Waals surface area contributed by atoms with Crippen LogP contribution in [0.2, 0.25) is 0 Å². The van der Waals surface area contributed by atoms with Crippen molar-refractivity contribution in [2.24, 2.45) is 5.92 Å². The zero-order chi connectivity index (χ0) is 14.9. The van der Waals surface area contributed by atoms with Gasteiger partial charge in [-0.25, -0.2) is 0 Å². The summed E-state index contributed by atoms with van der Waals surface area (Å²) in [5.74, 6) is 0.768.